The van der Waals surface area contributed by atoms with Crippen LogP contribution >= 0.6 is 0 Å². The van der Waals surface area contributed by atoms with Crippen molar-refractivity contribution in [3.05, 3.63) is 34.7 Å². The van der Waals surface area contributed by atoms with E-state index in [0.29, 0.717) is 17.8 Å². The van der Waals surface area contributed by atoms with Gasteiger partial charge in [-0.15, -0.1) is 0 Å². The third-order valence-corrected chi connectivity index (χ3v) is 5.82. The maximum absolute atomic E-state index is 13.2. The average Bonchev–Trinajstić information content (AvgIpc) is 3.49. The molecule has 3 aliphatic rings. The van der Waals surface area contributed by atoms with Gasteiger partial charge in [-0.1, -0.05) is 5.16 Å². The Kier molecular flexibility index (Phi) is 3.30. The summed E-state index contributed by atoms with van der Waals surface area (Å²) in [6, 6.07) is 2.60. The molecule has 132 valence electrons. The Morgan fingerprint density at radius 3 is 2.72 bits per heavy atom. The van der Waals surface area contributed by atoms with E-state index in [1.165, 1.54) is 18.5 Å². The van der Waals surface area contributed by atoms with Gasteiger partial charge in [0.25, 0.3) is 5.91 Å². The molecule has 3 heterocycles. The van der Waals surface area contributed by atoms with E-state index in [1.54, 1.807) is 0 Å². The van der Waals surface area contributed by atoms with Crippen LogP contribution in [0.4, 0.5) is 0 Å². The van der Waals surface area contributed by atoms with Crippen LogP contribution in [-0.4, -0.2) is 32.1 Å². The molecule has 6 heteroatoms. The molecule has 2 aromatic rings. The largest absolute Gasteiger partial charge is 0.345 e. The van der Waals surface area contributed by atoms with Crippen molar-refractivity contribution in [2.75, 3.05) is 6.54 Å². The van der Waals surface area contributed by atoms with Crippen molar-refractivity contribution in [3.63, 3.8) is 0 Å². The molecule has 2 saturated carbocycles. The maximum Gasteiger partial charge on any atom is 0.256 e. The molecule has 2 aromatic heterocycles. The van der Waals surface area contributed by atoms with Gasteiger partial charge in [-0.05, 0) is 58.4 Å². The van der Waals surface area contributed by atoms with Gasteiger partial charge in [-0.25, -0.2) is 0 Å². The highest BCUT2D eigenvalue weighted by molar-refractivity contribution is 5.96. The summed E-state index contributed by atoms with van der Waals surface area (Å²) >= 11 is 0. The van der Waals surface area contributed by atoms with Crippen LogP contribution < -0.4 is 0 Å². The van der Waals surface area contributed by atoms with Crippen LogP contribution in [0.25, 0.3) is 0 Å². The second-order valence-electron chi connectivity index (χ2n) is 7.81. The highest BCUT2D eigenvalue weighted by Crippen LogP contribution is 2.41. The summed E-state index contributed by atoms with van der Waals surface area (Å²) < 4.78 is 7.75. The number of nitrogens with zero attached hydrogens (tertiary/aromatic N) is 4. The lowest BCUT2D eigenvalue weighted by Crippen LogP contribution is -2.31. The number of likely N-dealkylation sites (tertiary alicyclic amines) is 1. The van der Waals surface area contributed by atoms with Crippen LogP contribution in [0.15, 0.2) is 10.6 Å². The fourth-order valence-corrected chi connectivity index (χ4v) is 4.20. The lowest BCUT2D eigenvalue weighted by molar-refractivity contribution is 0.0727. The third kappa shape index (κ3) is 2.50. The summed E-state index contributed by atoms with van der Waals surface area (Å²) in [6.07, 6.45) is 6.64. The van der Waals surface area contributed by atoms with E-state index in [4.69, 9.17) is 4.52 Å². The van der Waals surface area contributed by atoms with Gasteiger partial charge in [0.2, 0.25) is 5.89 Å². The summed E-state index contributed by atoms with van der Waals surface area (Å²) in [5, 5.41) is 4.18. The summed E-state index contributed by atoms with van der Waals surface area (Å²) in [5.41, 5.74) is 3.12. The van der Waals surface area contributed by atoms with Crippen molar-refractivity contribution < 1.29 is 9.32 Å². The minimum atomic E-state index is -0.0484. The van der Waals surface area contributed by atoms with E-state index in [1.807, 2.05) is 4.90 Å². The van der Waals surface area contributed by atoms with E-state index in [0.717, 1.165) is 49.4 Å². The topological polar surface area (TPSA) is 64.2 Å². The standard InChI is InChI=1S/C19H24N4O2/c1-11-10-15(12(2)23(11)14-7-8-14)19(24)22-9-3-4-16(22)17-20-18(25-21-17)13-5-6-13/h10,13-14,16H,3-9H2,1-2H3/t16-/m0/s1. The van der Waals surface area contributed by atoms with Crippen molar-refractivity contribution >= 4 is 5.91 Å². The molecule has 1 aliphatic heterocycles. The first-order valence-corrected chi connectivity index (χ1v) is 9.46. The van der Waals surface area contributed by atoms with E-state index < -0.39 is 0 Å². The molecule has 0 bridgehead atoms. The number of carbonyl (C=O) groups excluding carboxylic acids is 1. The molecule has 0 unspecified atom stereocenters. The van der Waals surface area contributed by atoms with Crippen LogP contribution in [0.1, 0.15) is 90.0 Å². The minimum Gasteiger partial charge on any atom is -0.345 e. The van der Waals surface area contributed by atoms with Gasteiger partial charge in [0.15, 0.2) is 5.82 Å². The lowest BCUT2D eigenvalue weighted by atomic mass is 10.1. The number of rotatable bonds is 4. The van der Waals surface area contributed by atoms with Gasteiger partial charge in [-0.2, -0.15) is 4.98 Å². The minimum absolute atomic E-state index is 0.0484. The summed E-state index contributed by atoms with van der Waals surface area (Å²) in [5.74, 6) is 1.99. The zero-order valence-electron chi connectivity index (χ0n) is 14.9. The van der Waals surface area contributed by atoms with Gasteiger partial charge in [0, 0.05) is 29.9 Å². The van der Waals surface area contributed by atoms with Gasteiger partial charge in [0.05, 0.1) is 11.6 Å². The summed E-state index contributed by atoms with van der Waals surface area (Å²) in [4.78, 5) is 19.8. The molecule has 3 fully saturated rings. The molecular formula is C19H24N4O2. The van der Waals surface area contributed by atoms with E-state index in [2.05, 4.69) is 34.6 Å². The van der Waals surface area contributed by atoms with Crippen LogP contribution in [0.2, 0.25) is 0 Å². The van der Waals surface area contributed by atoms with E-state index >= 15 is 0 Å². The number of hydrogen-bond donors (Lipinski definition) is 0. The SMILES string of the molecule is Cc1cc(C(=O)N2CCC[C@H]2c2noc(C3CC3)n2)c(C)n1C1CC1. The third-order valence-electron chi connectivity index (χ3n) is 5.82. The molecule has 6 nitrogen and oxygen atoms in total. The van der Waals surface area contributed by atoms with Gasteiger partial charge < -0.3 is 14.0 Å². The maximum atomic E-state index is 13.2. The van der Waals surface area contributed by atoms with Crippen LogP contribution in [-0.2, 0) is 0 Å². The van der Waals surface area contributed by atoms with Gasteiger partial charge >= 0.3 is 0 Å². The Morgan fingerprint density at radius 1 is 1.20 bits per heavy atom. The van der Waals surface area contributed by atoms with Crippen molar-refractivity contribution in [1.82, 2.24) is 19.6 Å². The lowest BCUT2D eigenvalue weighted by Gasteiger charge is -2.22. The number of aryl methyl sites for hydroxylation is 1. The fraction of sp³-hybridized carbons (Fsp3) is 0.632. The Hall–Kier alpha value is -2.11. The monoisotopic (exact) mass is 340 g/mol. The average molecular weight is 340 g/mol. The second-order valence-corrected chi connectivity index (χ2v) is 7.81. The normalized spacial score (nSPS) is 23.4. The highest BCUT2D eigenvalue weighted by Gasteiger charge is 2.38. The molecule has 1 amide bonds. The number of amides is 1. The van der Waals surface area contributed by atoms with E-state index in [-0.39, 0.29) is 11.9 Å². The van der Waals surface area contributed by atoms with Gasteiger partial charge in [-0.3, -0.25) is 4.79 Å². The fourth-order valence-electron chi connectivity index (χ4n) is 4.20. The Bertz CT molecular complexity index is 829. The Labute approximate surface area is 147 Å². The molecule has 5 rings (SSSR count). The summed E-state index contributed by atoms with van der Waals surface area (Å²) in [7, 11) is 0. The zero-order valence-corrected chi connectivity index (χ0v) is 14.9. The highest BCUT2D eigenvalue weighted by atomic mass is 16.5. The molecule has 0 aromatic carbocycles. The predicted molar refractivity (Wildman–Crippen MR) is 91.5 cm³/mol. The van der Waals surface area contributed by atoms with E-state index in [9.17, 15) is 4.79 Å². The smallest absolute Gasteiger partial charge is 0.256 e. The number of hydrogen-bond acceptors (Lipinski definition) is 4. The van der Waals surface area contributed by atoms with Crippen molar-refractivity contribution in [2.45, 2.75) is 70.4 Å². The first kappa shape index (κ1) is 15.2. The molecule has 25 heavy (non-hydrogen) atoms. The molecular weight excluding hydrogens is 316 g/mol. The first-order chi connectivity index (χ1) is 12.1. The van der Waals surface area contributed by atoms with Crippen molar-refractivity contribution in [1.29, 1.82) is 0 Å². The van der Waals surface area contributed by atoms with Crippen LogP contribution in [0, 0.1) is 13.8 Å². The predicted octanol–water partition coefficient (Wildman–Crippen LogP) is 3.68. The first-order valence-electron chi connectivity index (χ1n) is 9.46. The molecule has 2 aliphatic carbocycles. The van der Waals surface area contributed by atoms with Crippen molar-refractivity contribution in [2.24, 2.45) is 0 Å². The number of aromatic nitrogens is 3. The molecule has 1 saturated heterocycles. The quantitative estimate of drug-likeness (QED) is 0.852. The summed E-state index contributed by atoms with van der Waals surface area (Å²) in [6.45, 7) is 4.94. The number of carbonyl (C=O) groups is 1. The molecule has 0 radical (unpaired) electrons. The zero-order chi connectivity index (χ0) is 17.1. The Morgan fingerprint density at radius 2 is 2.00 bits per heavy atom. The Balaban J connectivity index is 1.43. The van der Waals surface area contributed by atoms with Crippen LogP contribution in [0.5, 0.6) is 0 Å². The molecule has 1 atom stereocenters. The molecule has 0 spiro atoms. The van der Waals surface area contributed by atoms with Crippen molar-refractivity contribution in [3.8, 4) is 0 Å². The van der Waals surface area contributed by atoms with Gasteiger partial charge in [0.1, 0.15) is 0 Å². The van der Waals surface area contributed by atoms with Crippen LogP contribution in [0.3, 0.4) is 0 Å². The molecule has 0 N–H and O–H groups in total. The second kappa shape index (κ2) is 5.44.